The lowest BCUT2D eigenvalue weighted by Gasteiger charge is -2.34. The molecule has 0 aromatic heterocycles. The van der Waals surface area contributed by atoms with E-state index in [1.807, 2.05) is 0 Å². The van der Waals surface area contributed by atoms with Crippen molar-refractivity contribution in [3.05, 3.63) is 4.91 Å². The molecule has 114 valence electrons. The number of carbonyl (C=O) groups is 2. The molecule has 1 aliphatic heterocycles. The molecule has 20 heavy (non-hydrogen) atoms. The first kappa shape index (κ1) is 16.7. The number of carbonyl (C=O) groups excluding carboxylic acids is 1. The summed E-state index contributed by atoms with van der Waals surface area (Å²) in [6, 6.07) is 0. The van der Waals surface area contributed by atoms with Crippen LogP contribution in [0.15, 0.2) is 4.58 Å². The Kier molecular flexibility index (Phi) is 5.01. The summed E-state index contributed by atoms with van der Waals surface area (Å²) in [4.78, 5) is 35.4. The van der Waals surface area contributed by atoms with Crippen LogP contribution in [-0.4, -0.2) is 45.0 Å². The monoisotopic (exact) mass is 304 g/mol. The first-order valence-corrected chi connectivity index (χ1v) is 7.22. The Bertz CT molecular complexity index is 409. The van der Waals surface area contributed by atoms with Crippen LogP contribution in [0.25, 0.3) is 0 Å². The first-order chi connectivity index (χ1) is 9.16. The van der Waals surface area contributed by atoms with E-state index in [4.69, 9.17) is 4.74 Å². The first-order valence-electron chi connectivity index (χ1n) is 6.39. The van der Waals surface area contributed by atoms with Crippen molar-refractivity contribution in [3.63, 3.8) is 0 Å². The maximum Gasteiger partial charge on any atom is 0.411 e. The van der Waals surface area contributed by atoms with Gasteiger partial charge >= 0.3 is 12.1 Å². The van der Waals surface area contributed by atoms with E-state index in [0.29, 0.717) is 0 Å². The average Bonchev–Trinajstić information content (AvgIpc) is 2.67. The number of likely N-dealkylation sites (tertiary alicyclic amines) is 1. The molecule has 0 aromatic rings. The third-order valence-electron chi connectivity index (χ3n) is 3.26. The van der Waals surface area contributed by atoms with E-state index in [9.17, 15) is 19.6 Å². The second kappa shape index (κ2) is 5.99. The summed E-state index contributed by atoms with van der Waals surface area (Å²) in [6.45, 7) is 7.00. The van der Waals surface area contributed by atoms with Crippen molar-refractivity contribution in [1.29, 1.82) is 0 Å². The predicted molar refractivity (Wildman–Crippen MR) is 75.4 cm³/mol. The van der Waals surface area contributed by atoms with Gasteiger partial charge in [-0.05, 0) is 33.6 Å². The van der Waals surface area contributed by atoms with E-state index in [2.05, 4.69) is 4.58 Å². The minimum absolute atomic E-state index is 0.144. The highest BCUT2D eigenvalue weighted by Crippen LogP contribution is 2.39. The second-order valence-electron chi connectivity index (χ2n) is 5.79. The predicted octanol–water partition coefficient (Wildman–Crippen LogP) is 2.64. The molecule has 0 aliphatic carbocycles. The lowest BCUT2D eigenvalue weighted by molar-refractivity contribution is -0.149. The molecule has 7 nitrogen and oxygen atoms in total. The molecular formula is C12H20N2O5S. The molecule has 0 bridgehead atoms. The topological polar surface area (TPSA) is 96.3 Å². The number of nitrogens with zero attached hydrogens (tertiary/aromatic N) is 2. The van der Waals surface area contributed by atoms with Crippen LogP contribution in [0.3, 0.4) is 0 Å². The molecular weight excluding hydrogens is 284 g/mol. The molecule has 0 unspecified atom stereocenters. The molecule has 1 rings (SSSR count). The Hall–Kier alpha value is -1.31. The number of carboxylic acid groups (broad SMARTS) is 1. The Morgan fingerprint density at radius 1 is 1.50 bits per heavy atom. The SMILES string of the molecule is CC[C@@]1(C(=O)O)C[C@H](SN=O)CN1C(=O)OC(C)(C)C. The van der Waals surface area contributed by atoms with Crippen LogP contribution in [-0.2, 0) is 9.53 Å². The van der Waals surface area contributed by atoms with E-state index < -0.39 is 23.2 Å². The van der Waals surface area contributed by atoms with Crippen LogP contribution in [0.2, 0.25) is 0 Å². The fourth-order valence-electron chi connectivity index (χ4n) is 2.32. The lowest BCUT2D eigenvalue weighted by atomic mass is 9.93. The summed E-state index contributed by atoms with van der Waals surface area (Å²) in [7, 11) is 0. The van der Waals surface area contributed by atoms with E-state index in [-0.39, 0.29) is 24.6 Å². The zero-order chi connectivity index (χ0) is 15.6. The molecule has 1 amide bonds. The molecule has 0 radical (unpaired) electrons. The molecule has 1 heterocycles. The van der Waals surface area contributed by atoms with Gasteiger partial charge in [-0.1, -0.05) is 6.92 Å². The van der Waals surface area contributed by atoms with Gasteiger partial charge in [0, 0.05) is 23.1 Å². The van der Waals surface area contributed by atoms with Crippen LogP contribution in [0, 0.1) is 4.91 Å². The standard InChI is InChI=1S/C12H20N2O5S/c1-5-12(9(15)16)6-8(20-13-18)7-14(12)10(17)19-11(2,3)4/h8H,5-7H2,1-4H3,(H,15,16)/t8-,12-/m0/s1. The smallest absolute Gasteiger partial charge is 0.411 e. The number of aliphatic carboxylic acids is 1. The van der Waals surface area contributed by atoms with E-state index in [1.165, 1.54) is 4.90 Å². The zero-order valence-electron chi connectivity index (χ0n) is 12.1. The van der Waals surface area contributed by atoms with Gasteiger partial charge in [-0.15, -0.1) is 4.91 Å². The highest BCUT2D eigenvalue weighted by atomic mass is 32.2. The van der Waals surface area contributed by atoms with Gasteiger partial charge in [-0.2, -0.15) is 0 Å². The molecule has 0 saturated carbocycles. The zero-order valence-corrected chi connectivity index (χ0v) is 12.9. The van der Waals surface area contributed by atoms with E-state index >= 15 is 0 Å². The van der Waals surface area contributed by atoms with Crippen molar-refractivity contribution in [3.8, 4) is 0 Å². The Balaban J connectivity index is 3.02. The fourth-order valence-corrected chi connectivity index (χ4v) is 3.00. The maximum absolute atomic E-state index is 12.2. The maximum atomic E-state index is 12.2. The summed E-state index contributed by atoms with van der Waals surface area (Å²) in [5.41, 5.74) is -2.03. The molecule has 1 saturated heterocycles. The van der Waals surface area contributed by atoms with Crippen LogP contribution >= 0.6 is 11.9 Å². The summed E-state index contributed by atoms with van der Waals surface area (Å²) in [5.74, 6) is -1.08. The van der Waals surface area contributed by atoms with Gasteiger partial charge in [0.05, 0.1) is 5.25 Å². The highest BCUT2D eigenvalue weighted by molar-refractivity contribution is 7.98. The van der Waals surface area contributed by atoms with E-state index in [0.717, 1.165) is 11.9 Å². The Morgan fingerprint density at radius 3 is 2.50 bits per heavy atom. The number of hydrogen-bond acceptors (Lipinski definition) is 6. The van der Waals surface area contributed by atoms with Crippen molar-refractivity contribution >= 4 is 24.0 Å². The second-order valence-corrected chi connectivity index (χ2v) is 6.81. The molecule has 2 atom stereocenters. The molecule has 0 spiro atoms. The number of rotatable bonds is 4. The molecule has 1 N–H and O–H groups in total. The van der Waals surface area contributed by atoms with Crippen LogP contribution < -0.4 is 0 Å². The Morgan fingerprint density at radius 2 is 2.10 bits per heavy atom. The van der Waals surface area contributed by atoms with Gasteiger partial charge < -0.3 is 9.84 Å². The van der Waals surface area contributed by atoms with Gasteiger partial charge in [0.25, 0.3) is 0 Å². The van der Waals surface area contributed by atoms with Crippen LogP contribution in [0.5, 0.6) is 0 Å². The molecule has 8 heteroatoms. The number of ether oxygens (including phenoxy) is 1. The summed E-state index contributed by atoms with van der Waals surface area (Å²) < 4.78 is 8.00. The molecule has 1 fully saturated rings. The Labute approximate surface area is 122 Å². The average molecular weight is 304 g/mol. The van der Waals surface area contributed by atoms with Crippen LogP contribution in [0.4, 0.5) is 4.79 Å². The number of amides is 1. The van der Waals surface area contributed by atoms with Crippen molar-refractivity contribution in [2.45, 2.75) is 56.9 Å². The van der Waals surface area contributed by atoms with Crippen molar-refractivity contribution in [2.24, 2.45) is 4.58 Å². The summed E-state index contributed by atoms with van der Waals surface area (Å²) in [5, 5.41) is 9.18. The van der Waals surface area contributed by atoms with Gasteiger partial charge in [0.2, 0.25) is 0 Å². The third-order valence-corrected chi connectivity index (χ3v) is 3.96. The number of carboxylic acids is 1. The summed E-state index contributed by atoms with van der Waals surface area (Å²) >= 11 is 0.770. The van der Waals surface area contributed by atoms with E-state index in [1.54, 1.807) is 27.7 Å². The molecule has 0 aromatic carbocycles. The van der Waals surface area contributed by atoms with Crippen molar-refractivity contribution in [2.75, 3.05) is 6.54 Å². The third kappa shape index (κ3) is 3.41. The minimum Gasteiger partial charge on any atom is -0.479 e. The van der Waals surface area contributed by atoms with Crippen molar-refractivity contribution < 1.29 is 19.4 Å². The quantitative estimate of drug-likeness (QED) is 0.633. The number of hydrogen-bond donors (Lipinski definition) is 1. The highest BCUT2D eigenvalue weighted by Gasteiger charge is 2.54. The number of nitroso groups, excluding NO2 is 1. The minimum atomic E-state index is -1.33. The lowest BCUT2D eigenvalue weighted by Crippen LogP contribution is -2.53. The van der Waals surface area contributed by atoms with Gasteiger partial charge in [0.15, 0.2) is 0 Å². The largest absolute Gasteiger partial charge is 0.479 e. The van der Waals surface area contributed by atoms with Crippen LogP contribution in [0.1, 0.15) is 40.5 Å². The fraction of sp³-hybridized carbons (Fsp3) is 0.833. The normalized spacial score (nSPS) is 26.4. The van der Waals surface area contributed by atoms with Crippen molar-refractivity contribution in [1.82, 2.24) is 4.90 Å². The van der Waals surface area contributed by atoms with Gasteiger partial charge in [-0.25, -0.2) is 9.59 Å². The summed E-state index contributed by atoms with van der Waals surface area (Å²) in [6.07, 6.45) is -0.234. The molecule has 1 aliphatic rings. The van der Waals surface area contributed by atoms with Gasteiger partial charge in [-0.3, -0.25) is 4.90 Å². The van der Waals surface area contributed by atoms with Gasteiger partial charge in [0.1, 0.15) is 11.1 Å².